The molecule has 1 fully saturated rings. The standard InChI is InChI=1S/C31H35F3Si/c1-2-3-4-5-18-35-19-16-25(17-20-35)27-13-14-28(30(33)22-27)26-11-8-23(9-12-26)6-7-24-10-15-29(32)31(34)21-24/h3-4,8-15,21-22,25,35H,2,5-7,16-20H2,1H3/t25-,35-. The zero-order chi connectivity index (χ0) is 24.6. The van der Waals surface area contributed by atoms with Crippen LogP contribution in [0.1, 0.15) is 55.2 Å². The first-order chi connectivity index (χ1) is 17.0. The van der Waals surface area contributed by atoms with Crippen LogP contribution in [0.4, 0.5) is 13.2 Å². The van der Waals surface area contributed by atoms with Gasteiger partial charge in [-0.15, -0.1) is 0 Å². The van der Waals surface area contributed by atoms with Gasteiger partial charge < -0.3 is 0 Å². The van der Waals surface area contributed by atoms with Crippen molar-refractivity contribution in [2.75, 3.05) is 0 Å². The molecule has 3 aromatic carbocycles. The van der Waals surface area contributed by atoms with Gasteiger partial charge in [-0.05, 0) is 84.9 Å². The number of hydrogen-bond acceptors (Lipinski definition) is 0. The monoisotopic (exact) mass is 492 g/mol. The Kier molecular flexibility index (Phi) is 9.03. The van der Waals surface area contributed by atoms with Gasteiger partial charge in [0, 0.05) is 14.4 Å². The minimum atomic E-state index is -0.823. The number of halogens is 3. The van der Waals surface area contributed by atoms with Gasteiger partial charge in [0.2, 0.25) is 0 Å². The summed E-state index contributed by atoms with van der Waals surface area (Å²) in [4.78, 5) is 0. The van der Waals surface area contributed by atoms with Gasteiger partial charge in [0.25, 0.3) is 0 Å². The third-order valence-electron chi connectivity index (χ3n) is 7.41. The third-order valence-corrected chi connectivity index (χ3v) is 10.9. The van der Waals surface area contributed by atoms with Crippen LogP contribution in [-0.4, -0.2) is 8.80 Å². The van der Waals surface area contributed by atoms with Gasteiger partial charge in [-0.2, -0.15) is 0 Å². The highest BCUT2D eigenvalue weighted by molar-refractivity contribution is 6.59. The largest absolute Gasteiger partial charge is 0.206 e. The Morgan fingerprint density at radius 3 is 2.17 bits per heavy atom. The highest BCUT2D eigenvalue weighted by atomic mass is 28.3. The van der Waals surface area contributed by atoms with E-state index in [1.165, 1.54) is 49.5 Å². The number of allylic oxidation sites excluding steroid dienone is 2. The van der Waals surface area contributed by atoms with Crippen LogP contribution < -0.4 is 0 Å². The first kappa shape index (κ1) is 25.5. The molecule has 4 heteroatoms. The van der Waals surface area contributed by atoms with Crippen LogP contribution in [0.2, 0.25) is 18.1 Å². The normalized spacial score (nSPS) is 18.3. The van der Waals surface area contributed by atoms with Gasteiger partial charge in [0.1, 0.15) is 5.82 Å². The summed E-state index contributed by atoms with van der Waals surface area (Å²) in [5, 5.41) is 0. The smallest absolute Gasteiger partial charge is 0.159 e. The zero-order valence-corrected chi connectivity index (χ0v) is 21.7. The quantitative estimate of drug-likeness (QED) is 0.206. The van der Waals surface area contributed by atoms with Gasteiger partial charge in [-0.3, -0.25) is 0 Å². The summed E-state index contributed by atoms with van der Waals surface area (Å²) in [6.45, 7) is 2.18. The molecule has 1 heterocycles. The zero-order valence-electron chi connectivity index (χ0n) is 20.6. The fourth-order valence-corrected chi connectivity index (χ4v) is 8.53. The van der Waals surface area contributed by atoms with Crippen LogP contribution in [0, 0.1) is 17.5 Å². The average Bonchev–Trinajstić information content (AvgIpc) is 2.88. The van der Waals surface area contributed by atoms with Crippen molar-refractivity contribution < 1.29 is 13.2 Å². The van der Waals surface area contributed by atoms with Crippen LogP contribution in [0.3, 0.4) is 0 Å². The molecule has 0 aliphatic carbocycles. The van der Waals surface area contributed by atoms with E-state index in [4.69, 9.17) is 0 Å². The Balaban J connectivity index is 1.32. The molecule has 0 atom stereocenters. The van der Waals surface area contributed by atoms with Crippen LogP contribution in [0.25, 0.3) is 11.1 Å². The molecule has 0 amide bonds. The van der Waals surface area contributed by atoms with Gasteiger partial charge in [-0.25, -0.2) is 13.2 Å². The Hall–Kier alpha value is -2.59. The van der Waals surface area contributed by atoms with Crippen molar-refractivity contribution in [3.63, 3.8) is 0 Å². The van der Waals surface area contributed by atoms with Crippen molar-refractivity contribution in [1.29, 1.82) is 0 Å². The van der Waals surface area contributed by atoms with E-state index in [0.717, 1.165) is 28.7 Å². The lowest BCUT2D eigenvalue weighted by atomic mass is 9.91. The molecule has 0 N–H and O–H groups in total. The second-order valence-electron chi connectivity index (χ2n) is 9.86. The van der Waals surface area contributed by atoms with Gasteiger partial charge >= 0.3 is 0 Å². The SMILES string of the molecule is CCC=CCC[Si@H]1CC[C@H](c2ccc(-c3ccc(CCc4ccc(F)c(F)c4)cc3)c(F)c2)CC1. The van der Waals surface area contributed by atoms with E-state index >= 15 is 4.39 Å². The third kappa shape index (κ3) is 6.97. The minimum absolute atomic E-state index is 0.152. The fourth-order valence-electron chi connectivity index (χ4n) is 5.26. The first-order valence-corrected chi connectivity index (χ1v) is 15.5. The number of rotatable bonds is 9. The highest BCUT2D eigenvalue weighted by Gasteiger charge is 2.23. The van der Waals surface area contributed by atoms with E-state index in [0.29, 0.717) is 24.3 Å². The van der Waals surface area contributed by atoms with E-state index < -0.39 is 20.4 Å². The Labute approximate surface area is 209 Å². The summed E-state index contributed by atoms with van der Waals surface area (Å²) >= 11 is 0. The van der Waals surface area contributed by atoms with E-state index in [2.05, 4.69) is 25.1 Å². The minimum Gasteiger partial charge on any atom is -0.206 e. The molecule has 0 bridgehead atoms. The van der Waals surface area contributed by atoms with E-state index in [1.54, 1.807) is 12.1 Å². The average molecular weight is 493 g/mol. The predicted octanol–water partition coefficient (Wildman–Crippen LogP) is 9.02. The fraction of sp³-hybridized carbons (Fsp3) is 0.355. The van der Waals surface area contributed by atoms with Crippen molar-refractivity contribution in [1.82, 2.24) is 0 Å². The molecular weight excluding hydrogens is 457 g/mol. The maximum Gasteiger partial charge on any atom is 0.159 e. The van der Waals surface area contributed by atoms with Crippen molar-refractivity contribution >= 4 is 8.80 Å². The van der Waals surface area contributed by atoms with Crippen LogP contribution in [0.15, 0.2) is 72.8 Å². The Morgan fingerprint density at radius 2 is 1.49 bits per heavy atom. The Bertz CT molecular complexity index is 1130. The van der Waals surface area contributed by atoms with Crippen molar-refractivity contribution in [2.24, 2.45) is 0 Å². The maximum absolute atomic E-state index is 15.1. The van der Waals surface area contributed by atoms with Crippen LogP contribution in [-0.2, 0) is 12.8 Å². The van der Waals surface area contributed by atoms with Gasteiger partial charge in [-0.1, -0.05) is 79.7 Å². The molecule has 0 unspecified atom stereocenters. The predicted molar refractivity (Wildman–Crippen MR) is 143 cm³/mol. The molecular formula is C31H35F3Si. The molecule has 35 heavy (non-hydrogen) atoms. The van der Waals surface area contributed by atoms with Crippen LogP contribution in [0.5, 0.6) is 0 Å². The molecule has 184 valence electrons. The summed E-state index contributed by atoms with van der Waals surface area (Å²) in [7, 11) is -0.619. The lowest BCUT2D eigenvalue weighted by Crippen LogP contribution is -2.20. The van der Waals surface area contributed by atoms with E-state index in [1.807, 2.05) is 30.3 Å². The molecule has 0 nitrogen and oxygen atoms in total. The maximum atomic E-state index is 15.1. The van der Waals surface area contributed by atoms with Crippen molar-refractivity contribution in [3.05, 3.63) is 107 Å². The first-order valence-electron chi connectivity index (χ1n) is 13.0. The van der Waals surface area contributed by atoms with Crippen LogP contribution >= 0.6 is 0 Å². The van der Waals surface area contributed by atoms with Gasteiger partial charge in [0.05, 0.1) is 0 Å². The van der Waals surface area contributed by atoms with Crippen molar-refractivity contribution in [3.8, 4) is 11.1 Å². The van der Waals surface area contributed by atoms with E-state index in [-0.39, 0.29) is 5.82 Å². The molecule has 0 radical (unpaired) electrons. The van der Waals surface area contributed by atoms with E-state index in [9.17, 15) is 8.78 Å². The Morgan fingerprint density at radius 1 is 0.771 bits per heavy atom. The molecule has 1 saturated heterocycles. The topological polar surface area (TPSA) is 0 Å². The molecule has 1 aliphatic rings. The van der Waals surface area contributed by atoms with Gasteiger partial charge in [0.15, 0.2) is 11.6 Å². The molecule has 1 aliphatic heterocycles. The summed E-state index contributed by atoms with van der Waals surface area (Å²) in [5.41, 5.74) is 4.49. The molecule has 3 aromatic rings. The molecule has 0 saturated carbocycles. The number of hydrogen-bond donors (Lipinski definition) is 0. The molecule has 0 spiro atoms. The molecule has 0 aromatic heterocycles. The summed E-state index contributed by atoms with van der Waals surface area (Å²) in [6, 6.07) is 21.9. The second-order valence-corrected chi connectivity index (χ2v) is 13.3. The molecule has 4 rings (SSSR count). The number of aryl methyl sites for hydroxylation is 2. The summed E-state index contributed by atoms with van der Waals surface area (Å²) in [6.07, 6.45) is 10.7. The summed E-state index contributed by atoms with van der Waals surface area (Å²) < 4.78 is 41.6. The van der Waals surface area contributed by atoms with Crippen molar-refractivity contribution in [2.45, 2.75) is 69.5 Å². The second kappa shape index (κ2) is 12.4. The lowest BCUT2D eigenvalue weighted by molar-refractivity contribution is 0.507. The summed E-state index contributed by atoms with van der Waals surface area (Å²) in [5.74, 6) is -1.30. The number of benzene rings is 3. The lowest BCUT2D eigenvalue weighted by Gasteiger charge is -2.28. The highest BCUT2D eigenvalue weighted by Crippen LogP contribution is 2.36.